The molecule has 1 aromatic heterocycles. The van der Waals surface area contributed by atoms with E-state index in [-0.39, 0.29) is 17.2 Å². The molecule has 1 fully saturated rings. The number of hydrogen-bond donors (Lipinski definition) is 0. The van der Waals surface area contributed by atoms with Crippen LogP contribution in [-0.2, 0) is 16.8 Å². The molecular formula is C30H33N3O2. The van der Waals surface area contributed by atoms with Crippen LogP contribution in [0.15, 0.2) is 72.8 Å². The molecular weight excluding hydrogens is 434 g/mol. The van der Waals surface area contributed by atoms with Crippen LogP contribution < -0.4 is 9.64 Å². The Balaban J connectivity index is 1.36. The van der Waals surface area contributed by atoms with Crippen molar-refractivity contribution < 1.29 is 9.53 Å². The fourth-order valence-corrected chi connectivity index (χ4v) is 4.93. The summed E-state index contributed by atoms with van der Waals surface area (Å²) in [7, 11) is 0. The number of anilines is 1. The van der Waals surface area contributed by atoms with Gasteiger partial charge in [0.2, 0.25) is 5.91 Å². The predicted molar refractivity (Wildman–Crippen MR) is 141 cm³/mol. The number of aromatic nitrogens is 2. The van der Waals surface area contributed by atoms with E-state index in [0.717, 1.165) is 33.9 Å². The Hall–Kier alpha value is -3.60. The fourth-order valence-electron chi connectivity index (χ4n) is 4.93. The topological polar surface area (TPSA) is 47.4 Å². The van der Waals surface area contributed by atoms with Crippen LogP contribution in [-0.4, -0.2) is 28.6 Å². The van der Waals surface area contributed by atoms with Crippen molar-refractivity contribution in [1.82, 2.24) is 9.55 Å². The number of ether oxygens (including phenoxy) is 1. The number of carbonyl (C=O) groups is 1. The molecule has 1 atom stereocenters. The van der Waals surface area contributed by atoms with Crippen LogP contribution in [0.3, 0.4) is 0 Å². The number of imidazole rings is 1. The van der Waals surface area contributed by atoms with Crippen molar-refractivity contribution in [3.8, 4) is 5.75 Å². The van der Waals surface area contributed by atoms with Gasteiger partial charge in [-0.05, 0) is 53.8 Å². The summed E-state index contributed by atoms with van der Waals surface area (Å²) in [5.74, 6) is 2.02. The number of rotatable bonds is 6. The zero-order chi connectivity index (χ0) is 24.6. The largest absolute Gasteiger partial charge is 0.492 e. The highest BCUT2D eigenvalue weighted by Gasteiger charge is 2.35. The van der Waals surface area contributed by atoms with Gasteiger partial charge in [0.05, 0.1) is 17.6 Å². The van der Waals surface area contributed by atoms with Gasteiger partial charge in [-0.25, -0.2) is 4.98 Å². The number of aryl methyl sites for hydroxylation is 1. The molecule has 35 heavy (non-hydrogen) atoms. The number of fused-ring (bicyclic) bond motifs is 1. The summed E-state index contributed by atoms with van der Waals surface area (Å²) < 4.78 is 8.35. The van der Waals surface area contributed by atoms with Gasteiger partial charge in [0, 0.05) is 24.6 Å². The average Bonchev–Trinajstić information content (AvgIpc) is 3.40. The third kappa shape index (κ3) is 4.68. The fraction of sp³-hybridized carbons (Fsp3) is 0.333. The van der Waals surface area contributed by atoms with E-state index in [2.05, 4.69) is 56.5 Å². The van der Waals surface area contributed by atoms with E-state index in [0.29, 0.717) is 26.1 Å². The zero-order valence-corrected chi connectivity index (χ0v) is 21.0. The lowest BCUT2D eigenvalue weighted by Gasteiger charge is -2.20. The number of benzene rings is 3. The summed E-state index contributed by atoms with van der Waals surface area (Å²) in [5.41, 5.74) is 5.55. The Labute approximate surface area is 207 Å². The summed E-state index contributed by atoms with van der Waals surface area (Å²) in [6.07, 6.45) is 0.465. The monoisotopic (exact) mass is 467 g/mol. The van der Waals surface area contributed by atoms with Crippen molar-refractivity contribution >= 4 is 22.6 Å². The lowest BCUT2D eigenvalue weighted by atomic mass is 9.87. The van der Waals surface area contributed by atoms with Crippen LogP contribution in [0.2, 0.25) is 0 Å². The second-order valence-corrected chi connectivity index (χ2v) is 10.4. The molecule has 1 unspecified atom stereocenters. The molecule has 0 spiro atoms. The van der Waals surface area contributed by atoms with Crippen LogP contribution in [0.1, 0.15) is 50.1 Å². The number of para-hydroxylation sites is 3. The molecule has 5 heteroatoms. The molecule has 2 heterocycles. The summed E-state index contributed by atoms with van der Waals surface area (Å²) in [5, 5.41) is 0. The lowest BCUT2D eigenvalue weighted by molar-refractivity contribution is -0.117. The van der Waals surface area contributed by atoms with Crippen LogP contribution in [0.5, 0.6) is 5.75 Å². The molecule has 0 saturated carbocycles. The van der Waals surface area contributed by atoms with Gasteiger partial charge in [0.1, 0.15) is 18.2 Å². The first-order valence-corrected chi connectivity index (χ1v) is 12.4. The highest BCUT2D eigenvalue weighted by Crippen LogP contribution is 2.34. The molecule has 0 aliphatic carbocycles. The first-order chi connectivity index (χ1) is 16.8. The highest BCUT2D eigenvalue weighted by atomic mass is 16.5. The smallest absolute Gasteiger partial charge is 0.227 e. The molecule has 5 nitrogen and oxygen atoms in total. The number of nitrogens with zero attached hydrogens (tertiary/aromatic N) is 3. The first-order valence-electron chi connectivity index (χ1n) is 12.4. The summed E-state index contributed by atoms with van der Waals surface area (Å²) >= 11 is 0. The van der Waals surface area contributed by atoms with Gasteiger partial charge in [-0.1, -0.05) is 63.2 Å². The number of carbonyl (C=O) groups excluding carboxylic acids is 1. The maximum Gasteiger partial charge on any atom is 0.227 e. The molecule has 0 radical (unpaired) electrons. The molecule has 1 amide bonds. The maximum atomic E-state index is 13.0. The highest BCUT2D eigenvalue weighted by molar-refractivity contribution is 5.97. The first kappa shape index (κ1) is 23.2. The van der Waals surface area contributed by atoms with E-state index >= 15 is 0 Å². The van der Waals surface area contributed by atoms with Gasteiger partial charge < -0.3 is 14.2 Å². The number of amides is 1. The average molecular weight is 468 g/mol. The molecule has 0 N–H and O–H groups in total. The van der Waals surface area contributed by atoms with Crippen molar-refractivity contribution in [3.63, 3.8) is 0 Å². The summed E-state index contributed by atoms with van der Waals surface area (Å²) in [6, 6.07) is 24.6. The van der Waals surface area contributed by atoms with Crippen LogP contribution in [0, 0.1) is 6.92 Å². The second kappa shape index (κ2) is 9.21. The Morgan fingerprint density at radius 3 is 2.43 bits per heavy atom. The quantitative estimate of drug-likeness (QED) is 0.337. The third-order valence-electron chi connectivity index (χ3n) is 6.88. The second-order valence-electron chi connectivity index (χ2n) is 10.4. The normalized spacial score (nSPS) is 16.3. The molecule has 0 bridgehead atoms. The van der Waals surface area contributed by atoms with E-state index in [1.165, 1.54) is 5.56 Å². The Kier molecular flexibility index (Phi) is 6.10. The van der Waals surface area contributed by atoms with Gasteiger partial charge in [-0.2, -0.15) is 0 Å². The van der Waals surface area contributed by atoms with E-state index in [1.54, 1.807) is 0 Å². The molecule has 1 aliphatic rings. The van der Waals surface area contributed by atoms with Crippen LogP contribution >= 0.6 is 0 Å². The van der Waals surface area contributed by atoms with E-state index in [4.69, 9.17) is 9.72 Å². The molecule has 3 aromatic carbocycles. The Morgan fingerprint density at radius 1 is 0.971 bits per heavy atom. The minimum Gasteiger partial charge on any atom is -0.492 e. The maximum absolute atomic E-state index is 13.0. The SMILES string of the molecule is Cc1ccccc1N1CC(c2nc3ccccc3n2CCOc2ccc(C(C)(C)C)cc2)CC1=O. The minimum atomic E-state index is 0.0422. The molecule has 1 saturated heterocycles. The van der Waals surface area contributed by atoms with Crippen molar-refractivity contribution in [2.75, 3.05) is 18.1 Å². The van der Waals surface area contributed by atoms with Gasteiger partial charge >= 0.3 is 0 Å². The zero-order valence-electron chi connectivity index (χ0n) is 21.0. The van der Waals surface area contributed by atoms with Gasteiger partial charge in [0.15, 0.2) is 0 Å². The molecule has 180 valence electrons. The van der Waals surface area contributed by atoms with Crippen LogP contribution in [0.4, 0.5) is 5.69 Å². The predicted octanol–water partition coefficient (Wildman–Crippen LogP) is 6.24. The number of hydrogen-bond acceptors (Lipinski definition) is 3. The van der Waals surface area contributed by atoms with Crippen molar-refractivity contribution in [3.05, 3.63) is 89.7 Å². The van der Waals surface area contributed by atoms with Crippen molar-refractivity contribution in [1.29, 1.82) is 0 Å². The van der Waals surface area contributed by atoms with Gasteiger partial charge in [-0.15, -0.1) is 0 Å². The van der Waals surface area contributed by atoms with Crippen molar-refractivity contribution in [2.45, 2.75) is 52.0 Å². The minimum absolute atomic E-state index is 0.0422. The Morgan fingerprint density at radius 2 is 1.69 bits per heavy atom. The van der Waals surface area contributed by atoms with Crippen LogP contribution in [0.25, 0.3) is 11.0 Å². The van der Waals surface area contributed by atoms with Gasteiger partial charge in [0.25, 0.3) is 0 Å². The molecule has 1 aliphatic heterocycles. The third-order valence-corrected chi connectivity index (χ3v) is 6.88. The van der Waals surface area contributed by atoms with E-state index in [1.807, 2.05) is 53.4 Å². The van der Waals surface area contributed by atoms with E-state index < -0.39 is 0 Å². The standard InChI is InChI=1S/C30H33N3O2/c1-21-9-5-7-11-26(21)33-20-22(19-28(33)34)29-31-25-10-6-8-12-27(25)32(29)17-18-35-24-15-13-23(14-16-24)30(2,3)4/h5-16,22H,17-20H2,1-4H3. The molecule has 5 rings (SSSR count). The molecule has 4 aromatic rings. The Bertz CT molecular complexity index is 1350. The van der Waals surface area contributed by atoms with Gasteiger partial charge in [-0.3, -0.25) is 4.79 Å². The lowest BCUT2D eigenvalue weighted by Crippen LogP contribution is -2.25. The summed E-state index contributed by atoms with van der Waals surface area (Å²) in [4.78, 5) is 19.9. The van der Waals surface area contributed by atoms with E-state index in [9.17, 15) is 4.79 Å². The summed E-state index contributed by atoms with van der Waals surface area (Å²) in [6.45, 7) is 10.5. The van der Waals surface area contributed by atoms with Crippen molar-refractivity contribution in [2.24, 2.45) is 0 Å².